The lowest BCUT2D eigenvalue weighted by Crippen LogP contribution is -2.29. The molecule has 0 saturated carbocycles. The fraction of sp³-hybridized carbons (Fsp3) is 0.0870. The van der Waals surface area contributed by atoms with Gasteiger partial charge >= 0.3 is 0 Å². The number of rotatable bonds is 6. The molecule has 3 aromatic carbocycles. The summed E-state index contributed by atoms with van der Waals surface area (Å²) < 4.78 is 27.2. The second-order valence-corrected chi connectivity index (χ2v) is 11.6. The minimum Gasteiger partial charge on any atom is -0.320 e. The zero-order valence-corrected chi connectivity index (χ0v) is 21.1. The Kier molecular flexibility index (Phi) is 6.88. The molecule has 4 rings (SSSR count). The average Bonchev–Trinajstić information content (AvgIpc) is 3.18. The molecule has 1 aromatic heterocycles. The average molecular weight is 540 g/mol. The number of hydrogen-bond acceptors (Lipinski definition) is 4. The van der Waals surface area contributed by atoms with E-state index in [1.54, 1.807) is 66.7 Å². The Bertz CT molecular complexity index is 1450. The van der Waals surface area contributed by atoms with Crippen LogP contribution in [0.25, 0.3) is 10.1 Å². The highest BCUT2D eigenvalue weighted by Crippen LogP contribution is 2.32. The Morgan fingerprint density at radius 2 is 1.64 bits per heavy atom. The molecule has 0 saturated heterocycles. The molecule has 0 radical (unpaired) electrons. The van der Waals surface area contributed by atoms with E-state index in [2.05, 4.69) is 5.32 Å². The summed E-state index contributed by atoms with van der Waals surface area (Å²) in [4.78, 5) is 13.2. The molecule has 1 N–H and O–H groups in total. The van der Waals surface area contributed by atoms with E-state index in [9.17, 15) is 13.2 Å². The monoisotopic (exact) mass is 538 g/mol. The third-order valence-corrected chi connectivity index (χ3v) is 7.89. The molecule has 0 aliphatic heterocycles. The van der Waals surface area contributed by atoms with E-state index in [1.807, 2.05) is 0 Å². The van der Waals surface area contributed by atoms with Crippen molar-refractivity contribution in [2.24, 2.45) is 0 Å². The van der Waals surface area contributed by atoms with Crippen LogP contribution in [-0.4, -0.2) is 20.6 Å². The summed E-state index contributed by atoms with van der Waals surface area (Å²) in [6, 6.07) is 18.9. The number of carbonyl (C=O) groups is 1. The van der Waals surface area contributed by atoms with Gasteiger partial charge in [0.25, 0.3) is 5.91 Å². The molecule has 33 heavy (non-hydrogen) atoms. The van der Waals surface area contributed by atoms with Gasteiger partial charge in [-0.05, 0) is 65.5 Å². The lowest BCUT2D eigenvalue weighted by molar-refractivity contribution is 0.103. The van der Waals surface area contributed by atoms with Crippen molar-refractivity contribution in [3.05, 3.63) is 92.2 Å². The molecule has 0 bridgehead atoms. The third-order valence-electron chi connectivity index (χ3n) is 4.83. The minimum absolute atomic E-state index is 0.161. The smallest absolute Gasteiger partial charge is 0.265 e. The summed E-state index contributed by atoms with van der Waals surface area (Å²) in [6.45, 7) is 0.161. The van der Waals surface area contributed by atoms with Gasteiger partial charge in [-0.3, -0.25) is 9.10 Å². The quantitative estimate of drug-likeness (QED) is 0.285. The molecule has 5 nitrogen and oxygen atoms in total. The number of halogens is 3. The number of anilines is 2. The van der Waals surface area contributed by atoms with E-state index >= 15 is 0 Å². The summed E-state index contributed by atoms with van der Waals surface area (Å²) in [5, 5.41) is 4.93. The third kappa shape index (κ3) is 5.62. The van der Waals surface area contributed by atoms with Gasteiger partial charge in [-0.15, -0.1) is 11.3 Å². The first-order valence-corrected chi connectivity index (χ1v) is 13.4. The first kappa shape index (κ1) is 23.9. The topological polar surface area (TPSA) is 66.5 Å². The highest BCUT2D eigenvalue weighted by Gasteiger charge is 2.20. The number of fused-ring (bicyclic) bond motifs is 1. The van der Waals surface area contributed by atoms with Crippen molar-refractivity contribution in [1.29, 1.82) is 0 Å². The maximum atomic E-state index is 12.8. The second-order valence-electron chi connectivity index (χ2n) is 7.31. The van der Waals surface area contributed by atoms with Crippen molar-refractivity contribution in [3.63, 3.8) is 0 Å². The van der Waals surface area contributed by atoms with Crippen LogP contribution in [0.15, 0.2) is 66.7 Å². The van der Waals surface area contributed by atoms with Gasteiger partial charge in [0, 0.05) is 14.7 Å². The van der Waals surface area contributed by atoms with Gasteiger partial charge in [0.15, 0.2) is 0 Å². The predicted molar refractivity (Wildman–Crippen MR) is 139 cm³/mol. The molecule has 1 amide bonds. The second kappa shape index (κ2) is 9.52. The maximum Gasteiger partial charge on any atom is 0.265 e. The number of hydrogen-bond donors (Lipinski definition) is 1. The molecule has 0 fully saturated rings. The van der Waals surface area contributed by atoms with Crippen molar-refractivity contribution in [2.75, 3.05) is 15.9 Å². The lowest BCUT2D eigenvalue weighted by Gasteiger charge is -2.22. The lowest BCUT2D eigenvalue weighted by atomic mass is 10.2. The first-order chi connectivity index (χ1) is 15.6. The van der Waals surface area contributed by atoms with Gasteiger partial charge in [-0.1, -0.05) is 46.9 Å². The van der Waals surface area contributed by atoms with Crippen LogP contribution >= 0.6 is 46.1 Å². The van der Waals surface area contributed by atoms with E-state index < -0.39 is 10.0 Å². The normalized spacial score (nSPS) is 11.5. The molecule has 0 atom stereocenters. The number of thiophene rings is 1. The highest BCUT2D eigenvalue weighted by atomic mass is 35.5. The maximum absolute atomic E-state index is 12.8. The number of carbonyl (C=O) groups excluding carboxylic acids is 1. The van der Waals surface area contributed by atoms with Crippen LogP contribution < -0.4 is 9.62 Å². The molecular weight excluding hydrogens is 523 g/mol. The van der Waals surface area contributed by atoms with Gasteiger partial charge in [-0.25, -0.2) is 8.42 Å². The first-order valence-electron chi connectivity index (χ1n) is 9.62. The predicted octanol–water partition coefficient (Wildman–Crippen LogP) is 7.08. The van der Waals surface area contributed by atoms with Gasteiger partial charge < -0.3 is 5.32 Å². The van der Waals surface area contributed by atoms with Crippen LogP contribution in [0, 0.1) is 0 Å². The van der Waals surface area contributed by atoms with Gasteiger partial charge in [0.05, 0.1) is 34.1 Å². The number of sulfonamides is 1. The van der Waals surface area contributed by atoms with Crippen LogP contribution in [0.3, 0.4) is 0 Å². The van der Waals surface area contributed by atoms with Gasteiger partial charge in [0.1, 0.15) is 0 Å². The van der Waals surface area contributed by atoms with Gasteiger partial charge in [0.2, 0.25) is 10.0 Å². The molecular formula is C23H17Cl3N2O3S2. The minimum atomic E-state index is -3.55. The molecule has 10 heteroatoms. The van der Waals surface area contributed by atoms with Crippen molar-refractivity contribution >= 4 is 83.5 Å². The van der Waals surface area contributed by atoms with Crippen LogP contribution in [0.5, 0.6) is 0 Å². The zero-order chi connectivity index (χ0) is 23.8. The van der Waals surface area contributed by atoms with E-state index in [0.29, 0.717) is 31.3 Å². The number of nitrogens with zero attached hydrogens (tertiary/aromatic N) is 1. The highest BCUT2D eigenvalue weighted by molar-refractivity contribution is 7.92. The van der Waals surface area contributed by atoms with E-state index in [0.717, 1.165) is 21.9 Å². The zero-order valence-electron chi connectivity index (χ0n) is 17.2. The van der Waals surface area contributed by atoms with Crippen LogP contribution in [0.1, 0.15) is 15.2 Å². The van der Waals surface area contributed by atoms with Crippen molar-refractivity contribution in [1.82, 2.24) is 0 Å². The summed E-state index contributed by atoms with van der Waals surface area (Å²) in [6.07, 6.45) is 1.16. The molecule has 4 aromatic rings. The Morgan fingerprint density at radius 3 is 2.30 bits per heavy atom. The Balaban J connectivity index is 1.63. The molecule has 0 spiro atoms. The van der Waals surface area contributed by atoms with Crippen molar-refractivity contribution in [3.8, 4) is 0 Å². The van der Waals surface area contributed by atoms with Crippen LogP contribution in [0.4, 0.5) is 11.4 Å². The van der Waals surface area contributed by atoms with Crippen molar-refractivity contribution in [2.45, 2.75) is 6.54 Å². The SMILES string of the molecule is CS(=O)(=O)N(Cc1ccc(Cl)cc1)c1ccc2sc(C(=O)Nc3ccc(Cl)cc3Cl)cc2c1. The Hall–Kier alpha value is -2.29. The summed E-state index contributed by atoms with van der Waals surface area (Å²) in [5.74, 6) is -0.317. The molecule has 170 valence electrons. The molecule has 1 heterocycles. The van der Waals surface area contributed by atoms with E-state index in [4.69, 9.17) is 34.8 Å². The molecule has 0 aliphatic carbocycles. The number of nitrogens with one attached hydrogen (secondary N) is 1. The fourth-order valence-corrected chi connectivity index (χ4v) is 5.63. The summed E-state index contributed by atoms with van der Waals surface area (Å²) in [7, 11) is -3.55. The van der Waals surface area contributed by atoms with Gasteiger partial charge in [-0.2, -0.15) is 0 Å². The van der Waals surface area contributed by atoms with Crippen LogP contribution in [0.2, 0.25) is 15.1 Å². The Morgan fingerprint density at radius 1 is 0.939 bits per heavy atom. The standard InChI is InChI=1S/C23H17Cl3N2O3S2/c1-33(30,31)28(13-14-2-4-16(24)5-3-14)18-7-9-21-15(10-18)11-22(32-21)23(29)27-20-8-6-17(25)12-19(20)26/h2-12H,13H2,1H3,(H,27,29). The van der Waals surface area contributed by atoms with Crippen LogP contribution in [-0.2, 0) is 16.6 Å². The number of amides is 1. The summed E-state index contributed by atoms with van der Waals surface area (Å²) >= 11 is 19.3. The van der Waals surface area contributed by atoms with E-state index in [1.165, 1.54) is 15.6 Å². The largest absolute Gasteiger partial charge is 0.320 e. The Labute approximate surface area is 210 Å². The molecule has 0 aliphatic rings. The van der Waals surface area contributed by atoms with Crippen molar-refractivity contribution < 1.29 is 13.2 Å². The fourth-order valence-electron chi connectivity index (χ4n) is 3.23. The van der Waals surface area contributed by atoms with E-state index in [-0.39, 0.29) is 12.5 Å². The molecule has 0 unspecified atom stereocenters. The summed E-state index contributed by atoms with van der Waals surface area (Å²) in [5.41, 5.74) is 1.76. The number of benzene rings is 3.